The monoisotopic (exact) mass is 334 g/mol. The maximum absolute atomic E-state index is 13.9. The number of carboxylic acid groups (broad SMARTS) is 1. The number of halogens is 2. The van der Waals surface area contributed by atoms with Gasteiger partial charge in [-0.05, 0) is 39.0 Å². The van der Waals surface area contributed by atoms with Crippen LogP contribution in [0, 0.1) is 5.41 Å². The number of rotatable bonds is 1. The number of carbonyl (C=O) groups excluding carboxylic acids is 1. The molecule has 1 aliphatic carbocycles. The zero-order valence-corrected chi connectivity index (χ0v) is 13.7. The van der Waals surface area contributed by atoms with Gasteiger partial charge in [-0.25, -0.2) is 18.4 Å². The zero-order chi connectivity index (χ0) is 17.5. The second-order valence-electron chi connectivity index (χ2n) is 7.57. The fourth-order valence-electron chi connectivity index (χ4n) is 3.55. The molecule has 2 N–H and O–H groups in total. The topological polar surface area (TPSA) is 78.9 Å². The molecule has 1 atom stereocenters. The van der Waals surface area contributed by atoms with Crippen LogP contribution in [0.3, 0.4) is 0 Å². The first-order valence-electron chi connectivity index (χ1n) is 7.78. The van der Waals surface area contributed by atoms with Crippen LogP contribution in [0.1, 0.15) is 46.5 Å². The summed E-state index contributed by atoms with van der Waals surface area (Å²) in [4.78, 5) is 24.2. The molecule has 1 unspecified atom stereocenters. The summed E-state index contributed by atoms with van der Waals surface area (Å²) in [6.45, 7) is 5.53. The van der Waals surface area contributed by atoms with Crippen molar-refractivity contribution in [1.29, 1.82) is 0 Å². The van der Waals surface area contributed by atoms with Gasteiger partial charge in [0.25, 0.3) is 5.92 Å². The van der Waals surface area contributed by atoms with Crippen molar-refractivity contribution in [3.63, 3.8) is 0 Å². The molecule has 1 spiro atoms. The Kier molecular flexibility index (Phi) is 4.47. The number of amides is 2. The lowest BCUT2D eigenvalue weighted by atomic mass is 9.74. The summed E-state index contributed by atoms with van der Waals surface area (Å²) in [7, 11) is 0. The number of ether oxygens (including phenoxy) is 1. The molecule has 1 aliphatic heterocycles. The van der Waals surface area contributed by atoms with Gasteiger partial charge in [-0.1, -0.05) is 0 Å². The largest absolute Gasteiger partial charge is 0.465 e. The quantitative estimate of drug-likeness (QED) is 0.772. The SMILES string of the molecule is CC(C)(C)OC(=O)NC1CC(F)(F)CC12CCN(C(=O)O)CC2. The summed E-state index contributed by atoms with van der Waals surface area (Å²) in [6.07, 6.45) is -1.88. The van der Waals surface area contributed by atoms with Crippen molar-refractivity contribution in [3.8, 4) is 0 Å². The number of nitrogens with zero attached hydrogens (tertiary/aromatic N) is 1. The van der Waals surface area contributed by atoms with E-state index in [9.17, 15) is 18.4 Å². The van der Waals surface area contributed by atoms with Crippen molar-refractivity contribution in [1.82, 2.24) is 10.2 Å². The highest BCUT2D eigenvalue weighted by molar-refractivity contribution is 5.68. The molecule has 1 heterocycles. The van der Waals surface area contributed by atoms with Gasteiger partial charge in [0.1, 0.15) is 5.60 Å². The third-order valence-electron chi connectivity index (χ3n) is 4.57. The first kappa shape index (κ1) is 17.7. The molecule has 0 aromatic carbocycles. The number of nitrogens with one attached hydrogen (secondary N) is 1. The molecule has 2 amide bonds. The molecule has 0 aromatic heterocycles. The second kappa shape index (κ2) is 5.79. The molecule has 1 saturated carbocycles. The van der Waals surface area contributed by atoms with Gasteiger partial charge < -0.3 is 20.1 Å². The van der Waals surface area contributed by atoms with Crippen LogP contribution in [0.4, 0.5) is 18.4 Å². The number of carbonyl (C=O) groups is 2. The first-order valence-corrected chi connectivity index (χ1v) is 7.78. The Morgan fingerprint density at radius 2 is 1.83 bits per heavy atom. The van der Waals surface area contributed by atoms with E-state index < -0.39 is 41.6 Å². The Labute approximate surface area is 134 Å². The molecule has 8 heteroatoms. The van der Waals surface area contributed by atoms with E-state index in [0.29, 0.717) is 12.8 Å². The third kappa shape index (κ3) is 4.23. The lowest BCUT2D eigenvalue weighted by molar-refractivity contribution is -0.0124. The van der Waals surface area contributed by atoms with Gasteiger partial charge in [0.05, 0.1) is 0 Å². The molecule has 1 saturated heterocycles. The number of alkyl carbamates (subject to hydrolysis) is 1. The fourth-order valence-corrected chi connectivity index (χ4v) is 3.55. The minimum Gasteiger partial charge on any atom is -0.465 e. The van der Waals surface area contributed by atoms with E-state index in [1.807, 2.05) is 0 Å². The van der Waals surface area contributed by atoms with Crippen LogP contribution in [-0.4, -0.2) is 52.8 Å². The molecule has 0 bridgehead atoms. The maximum Gasteiger partial charge on any atom is 0.407 e. The molecule has 6 nitrogen and oxygen atoms in total. The number of alkyl halides is 2. The average Bonchev–Trinajstić information content (AvgIpc) is 2.58. The van der Waals surface area contributed by atoms with Crippen LogP contribution in [0.25, 0.3) is 0 Å². The Balaban J connectivity index is 2.08. The minimum atomic E-state index is -2.86. The van der Waals surface area contributed by atoms with E-state index in [1.54, 1.807) is 20.8 Å². The molecule has 0 aromatic rings. The fraction of sp³-hybridized carbons (Fsp3) is 0.867. The van der Waals surface area contributed by atoms with Crippen LogP contribution in [-0.2, 0) is 4.74 Å². The van der Waals surface area contributed by atoms with Crippen LogP contribution in [0.2, 0.25) is 0 Å². The van der Waals surface area contributed by atoms with Crippen molar-refractivity contribution in [2.75, 3.05) is 13.1 Å². The van der Waals surface area contributed by atoms with Crippen molar-refractivity contribution in [2.24, 2.45) is 5.41 Å². The molecule has 132 valence electrons. The van der Waals surface area contributed by atoms with Crippen LogP contribution in [0.15, 0.2) is 0 Å². The number of hydrogen-bond acceptors (Lipinski definition) is 3. The van der Waals surface area contributed by atoms with E-state index in [0.717, 1.165) is 0 Å². The van der Waals surface area contributed by atoms with Crippen molar-refractivity contribution < 1.29 is 28.2 Å². The summed E-state index contributed by atoms with van der Waals surface area (Å²) in [5.41, 5.74) is -1.47. The summed E-state index contributed by atoms with van der Waals surface area (Å²) < 4.78 is 33.1. The number of piperidine rings is 1. The van der Waals surface area contributed by atoms with Crippen LogP contribution >= 0.6 is 0 Å². The molecule has 2 fully saturated rings. The summed E-state index contributed by atoms with van der Waals surface area (Å²) in [5, 5.41) is 11.6. The van der Waals surface area contributed by atoms with E-state index in [-0.39, 0.29) is 19.5 Å². The predicted molar refractivity (Wildman–Crippen MR) is 78.6 cm³/mol. The van der Waals surface area contributed by atoms with Crippen molar-refractivity contribution in [3.05, 3.63) is 0 Å². The molecular weight excluding hydrogens is 310 g/mol. The standard InChI is InChI=1S/C15H24F2N2O4/c1-13(2,3)23-11(20)18-10-8-15(16,17)9-14(10)4-6-19(7-5-14)12(21)22/h10H,4-9H2,1-3H3,(H,18,20)(H,21,22). The maximum atomic E-state index is 13.9. The highest BCUT2D eigenvalue weighted by atomic mass is 19.3. The Hall–Kier alpha value is -1.60. The lowest BCUT2D eigenvalue weighted by Crippen LogP contribution is -2.51. The van der Waals surface area contributed by atoms with Gasteiger partial charge in [0, 0.05) is 32.0 Å². The van der Waals surface area contributed by atoms with Crippen molar-refractivity contribution in [2.45, 2.75) is 64.0 Å². The van der Waals surface area contributed by atoms with Gasteiger partial charge >= 0.3 is 12.2 Å². The third-order valence-corrected chi connectivity index (χ3v) is 4.57. The molecule has 2 aliphatic rings. The number of hydrogen-bond donors (Lipinski definition) is 2. The highest BCUT2D eigenvalue weighted by Crippen LogP contribution is 2.53. The molecule has 23 heavy (non-hydrogen) atoms. The smallest absolute Gasteiger partial charge is 0.407 e. The average molecular weight is 334 g/mol. The van der Waals surface area contributed by atoms with Gasteiger partial charge in [-0.2, -0.15) is 0 Å². The molecular formula is C15H24F2N2O4. The Bertz CT molecular complexity index is 482. The van der Waals surface area contributed by atoms with Gasteiger partial charge in [-0.3, -0.25) is 0 Å². The van der Waals surface area contributed by atoms with E-state index in [4.69, 9.17) is 9.84 Å². The Morgan fingerprint density at radius 1 is 1.26 bits per heavy atom. The van der Waals surface area contributed by atoms with Crippen molar-refractivity contribution >= 4 is 12.2 Å². The Morgan fingerprint density at radius 3 is 2.30 bits per heavy atom. The second-order valence-corrected chi connectivity index (χ2v) is 7.57. The zero-order valence-electron chi connectivity index (χ0n) is 13.7. The van der Waals surface area contributed by atoms with E-state index >= 15 is 0 Å². The van der Waals surface area contributed by atoms with E-state index in [2.05, 4.69) is 5.32 Å². The van der Waals surface area contributed by atoms with Gasteiger partial charge in [0.15, 0.2) is 0 Å². The van der Waals surface area contributed by atoms with E-state index in [1.165, 1.54) is 4.90 Å². The van der Waals surface area contributed by atoms with Crippen LogP contribution in [0.5, 0.6) is 0 Å². The summed E-state index contributed by atoms with van der Waals surface area (Å²) in [5.74, 6) is -2.86. The van der Waals surface area contributed by atoms with Gasteiger partial charge in [0.2, 0.25) is 0 Å². The van der Waals surface area contributed by atoms with Crippen LogP contribution < -0.4 is 5.32 Å². The predicted octanol–water partition coefficient (Wildman–Crippen LogP) is 3.07. The normalized spacial score (nSPS) is 26.1. The minimum absolute atomic E-state index is 0.206. The summed E-state index contributed by atoms with van der Waals surface area (Å²) in [6, 6.07) is -0.705. The lowest BCUT2D eigenvalue weighted by Gasteiger charge is -2.42. The first-order chi connectivity index (χ1) is 10.4. The van der Waals surface area contributed by atoms with Gasteiger partial charge in [-0.15, -0.1) is 0 Å². The molecule has 2 rings (SSSR count). The summed E-state index contributed by atoms with van der Waals surface area (Å²) >= 11 is 0. The number of likely N-dealkylation sites (tertiary alicyclic amines) is 1. The highest BCUT2D eigenvalue weighted by Gasteiger charge is 2.57. The molecule has 0 radical (unpaired) electrons.